The molecule has 0 bridgehead atoms. The lowest BCUT2D eigenvalue weighted by Crippen LogP contribution is -2.50. The number of nitrogen functional groups attached to an aromatic ring is 1. The monoisotopic (exact) mass is 293 g/mol. The molecule has 1 aliphatic heterocycles. The average Bonchev–Trinajstić information content (AvgIpc) is 2.51. The molecule has 0 amide bonds. The van der Waals surface area contributed by atoms with Crippen molar-refractivity contribution in [3.8, 4) is 0 Å². The van der Waals surface area contributed by atoms with E-state index in [0.29, 0.717) is 5.82 Å². The molecular weight excluding hydrogens is 266 g/mol. The maximum atomic E-state index is 6.18. The van der Waals surface area contributed by atoms with Crippen LogP contribution in [0.25, 0.3) is 0 Å². The highest BCUT2D eigenvalue weighted by molar-refractivity contribution is 5.47. The van der Waals surface area contributed by atoms with Crippen LogP contribution >= 0.6 is 0 Å². The molecule has 5 nitrogen and oxygen atoms in total. The molecule has 3 N–H and O–H groups in total. The number of pyridine rings is 1. The van der Waals surface area contributed by atoms with Crippen LogP contribution in [0.5, 0.6) is 0 Å². The Bertz CT molecular complexity index is 439. The second kappa shape index (κ2) is 7.20. The van der Waals surface area contributed by atoms with Gasteiger partial charge in [-0.25, -0.2) is 4.98 Å². The first-order chi connectivity index (χ1) is 10.1. The number of nitrogens with two attached hydrogens (primary N) is 1. The largest absolute Gasteiger partial charge is 0.383 e. The number of nitrogens with zero attached hydrogens (tertiary/aromatic N) is 1. The quantitative estimate of drug-likeness (QED) is 0.841. The zero-order chi connectivity index (χ0) is 15.3. The van der Waals surface area contributed by atoms with Crippen molar-refractivity contribution < 1.29 is 9.47 Å². The SMILES string of the molecule is CCCNC(c1c(C)ccnc1N)C1(OC)CCOCC1. The summed E-state index contributed by atoms with van der Waals surface area (Å²) < 4.78 is 11.5. The van der Waals surface area contributed by atoms with E-state index >= 15 is 0 Å². The Hall–Kier alpha value is -1.17. The van der Waals surface area contributed by atoms with Gasteiger partial charge in [0.05, 0.1) is 11.6 Å². The molecule has 1 aliphatic rings. The van der Waals surface area contributed by atoms with E-state index in [-0.39, 0.29) is 11.6 Å². The van der Waals surface area contributed by atoms with Gasteiger partial charge < -0.3 is 20.5 Å². The number of hydrogen-bond donors (Lipinski definition) is 2. The van der Waals surface area contributed by atoms with E-state index in [1.165, 1.54) is 0 Å². The van der Waals surface area contributed by atoms with Crippen LogP contribution in [0.1, 0.15) is 43.4 Å². The molecule has 1 aromatic rings. The van der Waals surface area contributed by atoms with Crippen LogP contribution in [-0.2, 0) is 9.47 Å². The van der Waals surface area contributed by atoms with E-state index in [4.69, 9.17) is 15.2 Å². The summed E-state index contributed by atoms with van der Waals surface area (Å²) in [6.07, 6.45) is 4.54. The van der Waals surface area contributed by atoms with Crippen molar-refractivity contribution in [1.29, 1.82) is 0 Å². The third-order valence-corrected chi connectivity index (χ3v) is 4.40. The van der Waals surface area contributed by atoms with Crippen LogP contribution in [0.3, 0.4) is 0 Å². The first-order valence-corrected chi connectivity index (χ1v) is 7.72. The molecule has 1 saturated heterocycles. The van der Waals surface area contributed by atoms with Crippen molar-refractivity contribution in [3.63, 3.8) is 0 Å². The second-order valence-corrected chi connectivity index (χ2v) is 5.70. The van der Waals surface area contributed by atoms with Crippen LogP contribution in [0.4, 0.5) is 5.82 Å². The number of methoxy groups -OCH3 is 1. The summed E-state index contributed by atoms with van der Waals surface area (Å²) in [6.45, 7) is 6.60. The summed E-state index contributed by atoms with van der Waals surface area (Å²) in [5.41, 5.74) is 8.11. The normalized spacial score (nSPS) is 19.4. The van der Waals surface area contributed by atoms with Crippen LogP contribution in [0.2, 0.25) is 0 Å². The molecule has 0 aliphatic carbocycles. The predicted molar refractivity (Wildman–Crippen MR) is 84.2 cm³/mol. The summed E-state index contributed by atoms with van der Waals surface area (Å²) in [5.74, 6) is 0.589. The highest BCUT2D eigenvalue weighted by Gasteiger charge is 2.42. The number of aromatic nitrogens is 1. The number of hydrogen-bond acceptors (Lipinski definition) is 5. The minimum atomic E-state index is -0.282. The fourth-order valence-electron chi connectivity index (χ4n) is 3.13. The maximum absolute atomic E-state index is 6.18. The Morgan fingerprint density at radius 3 is 2.76 bits per heavy atom. The number of nitrogens with one attached hydrogen (secondary N) is 1. The van der Waals surface area contributed by atoms with Crippen LogP contribution in [-0.4, -0.2) is 37.5 Å². The number of anilines is 1. The fourth-order valence-corrected chi connectivity index (χ4v) is 3.13. The number of aryl methyl sites for hydroxylation is 1. The van der Waals surface area contributed by atoms with Gasteiger partial charge in [0.25, 0.3) is 0 Å². The summed E-state index contributed by atoms with van der Waals surface area (Å²) in [4.78, 5) is 4.28. The molecule has 0 radical (unpaired) electrons. The van der Waals surface area contributed by atoms with Crippen molar-refractivity contribution in [3.05, 3.63) is 23.4 Å². The first kappa shape index (κ1) is 16.2. The third-order valence-electron chi connectivity index (χ3n) is 4.40. The molecule has 5 heteroatoms. The highest BCUT2D eigenvalue weighted by atomic mass is 16.5. The Morgan fingerprint density at radius 1 is 1.48 bits per heavy atom. The van der Waals surface area contributed by atoms with Gasteiger partial charge >= 0.3 is 0 Å². The first-order valence-electron chi connectivity index (χ1n) is 7.72. The van der Waals surface area contributed by atoms with E-state index in [9.17, 15) is 0 Å². The van der Waals surface area contributed by atoms with Gasteiger partial charge in [0.2, 0.25) is 0 Å². The van der Waals surface area contributed by atoms with Crippen molar-refractivity contribution in [2.24, 2.45) is 0 Å². The Kier molecular flexibility index (Phi) is 5.56. The predicted octanol–water partition coefficient (Wildman–Crippen LogP) is 2.21. The van der Waals surface area contributed by atoms with E-state index in [1.54, 1.807) is 13.3 Å². The van der Waals surface area contributed by atoms with E-state index in [0.717, 1.165) is 50.1 Å². The smallest absolute Gasteiger partial charge is 0.128 e. The lowest BCUT2D eigenvalue weighted by atomic mass is 9.80. The van der Waals surface area contributed by atoms with Gasteiger partial charge in [0, 0.05) is 44.9 Å². The summed E-state index contributed by atoms with van der Waals surface area (Å²) in [5, 5.41) is 3.63. The lowest BCUT2D eigenvalue weighted by molar-refractivity contribution is -0.111. The molecule has 2 heterocycles. The molecule has 2 rings (SSSR count). The van der Waals surface area contributed by atoms with Crippen molar-refractivity contribution in [1.82, 2.24) is 10.3 Å². The van der Waals surface area contributed by atoms with Crippen LogP contribution in [0.15, 0.2) is 12.3 Å². The molecule has 1 aromatic heterocycles. The Balaban J connectivity index is 2.41. The molecule has 21 heavy (non-hydrogen) atoms. The van der Waals surface area contributed by atoms with Gasteiger partial charge in [-0.05, 0) is 31.5 Å². The van der Waals surface area contributed by atoms with Gasteiger partial charge in [-0.1, -0.05) is 6.92 Å². The highest BCUT2D eigenvalue weighted by Crippen LogP contribution is 2.40. The average molecular weight is 293 g/mol. The molecule has 0 saturated carbocycles. The topological polar surface area (TPSA) is 69.4 Å². The lowest BCUT2D eigenvalue weighted by Gasteiger charge is -2.43. The van der Waals surface area contributed by atoms with Crippen molar-refractivity contribution >= 4 is 5.82 Å². The zero-order valence-electron chi connectivity index (χ0n) is 13.3. The van der Waals surface area contributed by atoms with Gasteiger partial charge in [0.1, 0.15) is 5.82 Å². The van der Waals surface area contributed by atoms with Gasteiger partial charge in [0.15, 0.2) is 0 Å². The molecule has 1 fully saturated rings. The van der Waals surface area contributed by atoms with Gasteiger partial charge in [-0.2, -0.15) is 0 Å². The van der Waals surface area contributed by atoms with Crippen LogP contribution in [0, 0.1) is 6.92 Å². The van der Waals surface area contributed by atoms with Gasteiger partial charge in [-0.3, -0.25) is 0 Å². The van der Waals surface area contributed by atoms with Gasteiger partial charge in [-0.15, -0.1) is 0 Å². The second-order valence-electron chi connectivity index (χ2n) is 5.70. The van der Waals surface area contributed by atoms with E-state index in [1.807, 2.05) is 6.07 Å². The molecular formula is C16H27N3O2. The number of rotatable bonds is 6. The van der Waals surface area contributed by atoms with Crippen molar-refractivity contribution in [2.75, 3.05) is 32.6 Å². The Morgan fingerprint density at radius 2 is 2.19 bits per heavy atom. The minimum Gasteiger partial charge on any atom is -0.383 e. The molecule has 118 valence electrons. The molecule has 0 aromatic carbocycles. The van der Waals surface area contributed by atoms with E-state index in [2.05, 4.69) is 24.1 Å². The molecule has 1 atom stereocenters. The summed E-state index contributed by atoms with van der Waals surface area (Å²) >= 11 is 0. The zero-order valence-corrected chi connectivity index (χ0v) is 13.3. The third kappa shape index (κ3) is 3.36. The maximum Gasteiger partial charge on any atom is 0.128 e. The summed E-state index contributed by atoms with van der Waals surface area (Å²) in [6, 6.07) is 2.05. The van der Waals surface area contributed by atoms with Crippen LogP contribution < -0.4 is 11.1 Å². The standard InChI is InChI=1S/C16H27N3O2/c1-4-8-18-14(13-12(2)5-9-19-15(13)17)16(20-3)6-10-21-11-7-16/h5,9,14,18H,4,6-8,10-11H2,1-3H3,(H2,17,19). The molecule has 1 unspecified atom stereocenters. The van der Waals surface area contributed by atoms with E-state index < -0.39 is 0 Å². The number of ether oxygens (including phenoxy) is 2. The summed E-state index contributed by atoms with van der Waals surface area (Å²) in [7, 11) is 1.79. The molecule has 0 spiro atoms. The van der Waals surface area contributed by atoms with Crippen molar-refractivity contribution in [2.45, 2.75) is 44.8 Å². The Labute approximate surface area is 127 Å². The fraction of sp³-hybridized carbons (Fsp3) is 0.688. The minimum absolute atomic E-state index is 0.0417.